The van der Waals surface area contributed by atoms with Gasteiger partial charge in [-0.1, -0.05) is 0 Å². The molecule has 1 saturated heterocycles. The smallest absolute Gasteiger partial charge is 0.151 e. The van der Waals surface area contributed by atoms with E-state index in [2.05, 4.69) is 29.9 Å². The van der Waals surface area contributed by atoms with Gasteiger partial charge in [0.25, 0.3) is 0 Å². The lowest BCUT2D eigenvalue weighted by molar-refractivity contribution is 0.0904. The Hall–Kier alpha value is -2.48. The predicted octanol–water partition coefficient (Wildman–Crippen LogP) is 0.664. The number of rotatable bonds is 2. The number of hydrogen-bond donors (Lipinski definition) is 1. The van der Waals surface area contributed by atoms with Crippen molar-refractivity contribution in [2.45, 2.75) is 6.04 Å². The second kappa shape index (κ2) is 4.81. The number of nitrogens with one attached hydrogen (secondary N) is 1. The molecule has 1 aliphatic heterocycles. The van der Waals surface area contributed by atoms with Gasteiger partial charge in [-0.3, -0.25) is 4.68 Å². The van der Waals surface area contributed by atoms with Crippen LogP contribution in [0.1, 0.15) is 11.9 Å². The second-order valence-corrected chi connectivity index (χ2v) is 4.96. The van der Waals surface area contributed by atoms with E-state index < -0.39 is 0 Å². The van der Waals surface area contributed by atoms with E-state index in [1.165, 1.54) is 0 Å². The van der Waals surface area contributed by atoms with E-state index in [4.69, 9.17) is 4.74 Å². The number of anilines is 1. The molecule has 108 valence electrons. The molecule has 1 atom stereocenters. The number of aromatic nitrogens is 6. The summed E-state index contributed by atoms with van der Waals surface area (Å²) in [6.45, 7) is 2.00. The molecule has 1 unspecified atom stereocenters. The molecule has 4 rings (SSSR count). The zero-order valence-corrected chi connectivity index (χ0v) is 11.6. The largest absolute Gasteiger partial charge is 0.377 e. The third kappa shape index (κ3) is 1.95. The Kier molecular flexibility index (Phi) is 2.81. The van der Waals surface area contributed by atoms with Crippen molar-refractivity contribution < 1.29 is 4.74 Å². The Bertz CT molecular complexity index is 765. The van der Waals surface area contributed by atoms with Crippen LogP contribution < -0.4 is 4.90 Å². The van der Waals surface area contributed by atoms with Gasteiger partial charge >= 0.3 is 0 Å². The molecule has 1 aliphatic rings. The summed E-state index contributed by atoms with van der Waals surface area (Å²) in [6, 6.07) is 1.99. The highest BCUT2D eigenvalue weighted by molar-refractivity contribution is 5.87. The summed E-state index contributed by atoms with van der Waals surface area (Å²) in [5, 5.41) is 5.16. The van der Waals surface area contributed by atoms with Crippen LogP contribution in [0.4, 0.5) is 5.82 Å². The van der Waals surface area contributed by atoms with E-state index in [0.717, 1.165) is 29.2 Å². The first-order valence-corrected chi connectivity index (χ1v) is 6.81. The van der Waals surface area contributed by atoms with Gasteiger partial charge in [-0.2, -0.15) is 5.10 Å². The van der Waals surface area contributed by atoms with Crippen LogP contribution in [0, 0.1) is 0 Å². The summed E-state index contributed by atoms with van der Waals surface area (Å²) < 4.78 is 7.41. The van der Waals surface area contributed by atoms with E-state index in [-0.39, 0.29) is 6.04 Å². The highest BCUT2D eigenvalue weighted by Gasteiger charge is 2.30. The maximum atomic E-state index is 5.63. The number of morpholine rings is 1. The molecule has 4 heterocycles. The first-order chi connectivity index (χ1) is 10.3. The van der Waals surface area contributed by atoms with Gasteiger partial charge in [0.15, 0.2) is 5.82 Å². The highest BCUT2D eigenvalue weighted by Crippen LogP contribution is 2.31. The normalized spacial score (nSPS) is 19.3. The van der Waals surface area contributed by atoms with Crippen molar-refractivity contribution in [2.24, 2.45) is 7.05 Å². The Morgan fingerprint density at radius 3 is 3.10 bits per heavy atom. The number of fused-ring (bicyclic) bond motifs is 1. The van der Waals surface area contributed by atoms with Crippen molar-refractivity contribution in [1.29, 1.82) is 0 Å². The van der Waals surface area contributed by atoms with Crippen LogP contribution in [0.3, 0.4) is 0 Å². The van der Waals surface area contributed by atoms with Gasteiger partial charge in [0.2, 0.25) is 0 Å². The summed E-state index contributed by atoms with van der Waals surface area (Å²) in [6.07, 6.45) is 5.02. The third-order valence-electron chi connectivity index (χ3n) is 3.78. The fraction of sp³-hybridized carbons (Fsp3) is 0.385. The Balaban J connectivity index is 1.81. The van der Waals surface area contributed by atoms with Crippen molar-refractivity contribution in [3.63, 3.8) is 0 Å². The maximum Gasteiger partial charge on any atom is 0.151 e. The highest BCUT2D eigenvalue weighted by atomic mass is 16.5. The molecule has 8 heteroatoms. The van der Waals surface area contributed by atoms with Crippen LogP contribution in [0.5, 0.6) is 0 Å². The fourth-order valence-corrected chi connectivity index (χ4v) is 2.77. The molecule has 0 saturated carbocycles. The first-order valence-electron chi connectivity index (χ1n) is 6.81. The van der Waals surface area contributed by atoms with E-state index in [9.17, 15) is 0 Å². The summed E-state index contributed by atoms with van der Waals surface area (Å²) in [4.78, 5) is 18.4. The molecular formula is C13H15N7O. The SMILES string of the molecule is Cn1ncnc1C1COCCN1c1ncnc2[nH]ccc12. The summed E-state index contributed by atoms with van der Waals surface area (Å²) >= 11 is 0. The van der Waals surface area contributed by atoms with Gasteiger partial charge in [0.1, 0.15) is 30.2 Å². The third-order valence-corrected chi connectivity index (χ3v) is 3.78. The molecule has 1 N–H and O–H groups in total. The minimum absolute atomic E-state index is 0.000694. The van der Waals surface area contributed by atoms with Gasteiger partial charge in [-0.25, -0.2) is 15.0 Å². The predicted molar refractivity (Wildman–Crippen MR) is 75.8 cm³/mol. The quantitative estimate of drug-likeness (QED) is 0.744. The van der Waals surface area contributed by atoms with Gasteiger partial charge in [0, 0.05) is 19.8 Å². The molecule has 0 radical (unpaired) electrons. The van der Waals surface area contributed by atoms with Crippen LogP contribution in [0.25, 0.3) is 11.0 Å². The van der Waals surface area contributed by atoms with Crippen molar-refractivity contribution in [3.8, 4) is 0 Å². The molecule has 0 amide bonds. The Morgan fingerprint density at radius 2 is 2.24 bits per heavy atom. The number of nitrogens with zero attached hydrogens (tertiary/aromatic N) is 6. The molecule has 0 spiro atoms. The second-order valence-electron chi connectivity index (χ2n) is 4.96. The summed E-state index contributed by atoms with van der Waals surface area (Å²) in [5.41, 5.74) is 0.836. The van der Waals surface area contributed by atoms with Gasteiger partial charge in [-0.05, 0) is 6.07 Å². The summed E-state index contributed by atoms with van der Waals surface area (Å²) in [5.74, 6) is 1.77. The Morgan fingerprint density at radius 1 is 1.29 bits per heavy atom. The van der Waals surface area contributed by atoms with Gasteiger partial charge < -0.3 is 14.6 Å². The molecule has 0 bridgehead atoms. The minimum atomic E-state index is -0.000694. The van der Waals surface area contributed by atoms with Crippen molar-refractivity contribution >= 4 is 16.9 Å². The Labute approximate surface area is 120 Å². The number of aryl methyl sites for hydroxylation is 1. The molecule has 21 heavy (non-hydrogen) atoms. The number of H-pyrrole nitrogens is 1. The van der Waals surface area contributed by atoms with E-state index in [1.807, 2.05) is 19.3 Å². The van der Waals surface area contributed by atoms with E-state index in [1.54, 1.807) is 17.3 Å². The van der Waals surface area contributed by atoms with Gasteiger partial charge in [0.05, 0.1) is 18.6 Å². The summed E-state index contributed by atoms with van der Waals surface area (Å²) in [7, 11) is 1.89. The molecular weight excluding hydrogens is 270 g/mol. The maximum absolute atomic E-state index is 5.63. The lowest BCUT2D eigenvalue weighted by Gasteiger charge is -2.35. The van der Waals surface area contributed by atoms with E-state index in [0.29, 0.717) is 13.2 Å². The lowest BCUT2D eigenvalue weighted by Crippen LogP contribution is -2.41. The molecule has 0 aliphatic carbocycles. The zero-order chi connectivity index (χ0) is 14.2. The standard InChI is InChI=1S/C13H15N7O/c1-19-13(17-8-18-19)10-6-21-5-4-20(10)12-9-2-3-14-11(9)15-7-16-12/h2-3,7-8,10H,4-6H2,1H3,(H,14,15,16). The number of aromatic amines is 1. The van der Waals surface area contributed by atoms with Gasteiger partial charge in [-0.15, -0.1) is 0 Å². The topological polar surface area (TPSA) is 84.8 Å². The van der Waals surface area contributed by atoms with Crippen molar-refractivity contribution in [2.75, 3.05) is 24.7 Å². The zero-order valence-electron chi connectivity index (χ0n) is 11.6. The lowest BCUT2D eigenvalue weighted by atomic mass is 10.2. The number of ether oxygens (including phenoxy) is 1. The monoisotopic (exact) mass is 285 g/mol. The molecule has 3 aromatic rings. The number of hydrogen-bond acceptors (Lipinski definition) is 6. The van der Waals surface area contributed by atoms with Crippen molar-refractivity contribution in [3.05, 3.63) is 30.7 Å². The molecule has 8 nitrogen and oxygen atoms in total. The van der Waals surface area contributed by atoms with Crippen LogP contribution >= 0.6 is 0 Å². The molecule has 0 aromatic carbocycles. The average molecular weight is 285 g/mol. The first kappa shape index (κ1) is 12.3. The van der Waals surface area contributed by atoms with Crippen molar-refractivity contribution in [1.82, 2.24) is 29.7 Å². The molecule has 3 aromatic heterocycles. The van der Waals surface area contributed by atoms with Crippen LogP contribution in [0.2, 0.25) is 0 Å². The molecule has 1 fully saturated rings. The average Bonchev–Trinajstić information content (AvgIpc) is 3.15. The fourth-order valence-electron chi connectivity index (χ4n) is 2.77. The minimum Gasteiger partial charge on any atom is -0.377 e. The van der Waals surface area contributed by atoms with Crippen LogP contribution in [-0.2, 0) is 11.8 Å². The van der Waals surface area contributed by atoms with E-state index >= 15 is 0 Å². The van der Waals surface area contributed by atoms with Crippen LogP contribution in [-0.4, -0.2) is 49.5 Å². The van der Waals surface area contributed by atoms with Crippen LogP contribution in [0.15, 0.2) is 24.9 Å².